The summed E-state index contributed by atoms with van der Waals surface area (Å²) < 4.78 is 1.92. The number of aromatic nitrogens is 4. The molecule has 1 aromatic heterocycles. The van der Waals surface area contributed by atoms with Crippen LogP contribution >= 0.6 is 0 Å². The van der Waals surface area contributed by atoms with Crippen molar-refractivity contribution in [3.8, 4) is 0 Å². The van der Waals surface area contributed by atoms with Gasteiger partial charge in [-0.25, -0.2) is 4.68 Å². The van der Waals surface area contributed by atoms with Crippen LogP contribution in [-0.4, -0.2) is 27.3 Å². The monoisotopic (exact) mass is 195 g/mol. The van der Waals surface area contributed by atoms with Gasteiger partial charge in [0.05, 0.1) is 6.54 Å². The fraction of sp³-hybridized carbons (Fsp3) is 0.889. The highest BCUT2D eigenvalue weighted by atomic mass is 15.5. The Kier molecular flexibility index (Phi) is 2.77. The summed E-state index contributed by atoms with van der Waals surface area (Å²) in [5, 5.41) is 14.7. The third-order valence-electron chi connectivity index (χ3n) is 2.83. The first-order chi connectivity index (χ1) is 6.81. The molecule has 0 aromatic carbocycles. The first-order valence-corrected chi connectivity index (χ1v) is 5.21. The second-order valence-electron chi connectivity index (χ2n) is 4.12. The van der Waals surface area contributed by atoms with Gasteiger partial charge in [-0.2, -0.15) is 0 Å². The summed E-state index contributed by atoms with van der Waals surface area (Å²) in [4.78, 5) is 0. The lowest BCUT2D eigenvalue weighted by Gasteiger charge is -2.10. The van der Waals surface area contributed by atoms with E-state index in [2.05, 4.69) is 27.8 Å². The Morgan fingerprint density at radius 1 is 1.57 bits per heavy atom. The normalized spacial score (nSPS) is 18.4. The molecule has 78 valence electrons. The predicted octanol–water partition coefficient (Wildman–Crippen LogP) is 0.439. The summed E-state index contributed by atoms with van der Waals surface area (Å²) in [6.07, 6.45) is 2.76. The summed E-state index contributed by atoms with van der Waals surface area (Å²) in [6, 6.07) is 0. The van der Waals surface area contributed by atoms with E-state index in [1.165, 1.54) is 12.8 Å². The van der Waals surface area contributed by atoms with Gasteiger partial charge >= 0.3 is 0 Å². The van der Waals surface area contributed by atoms with Gasteiger partial charge in [-0.15, -0.1) is 5.10 Å². The Labute approximate surface area is 83.9 Å². The molecule has 1 aromatic rings. The van der Waals surface area contributed by atoms with E-state index in [1.807, 2.05) is 11.7 Å². The number of tetrazole rings is 1. The van der Waals surface area contributed by atoms with Crippen molar-refractivity contribution in [1.29, 1.82) is 0 Å². The number of rotatable bonds is 5. The maximum absolute atomic E-state index is 4.00. The lowest BCUT2D eigenvalue weighted by Crippen LogP contribution is -2.17. The first kappa shape index (κ1) is 9.58. The molecule has 2 rings (SSSR count). The van der Waals surface area contributed by atoms with Gasteiger partial charge in [0.15, 0.2) is 5.82 Å². The van der Waals surface area contributed by atoms with Crippen molar-refractivity contribution in [3.05, 3.63) is 5.82 Å². The Bertz CT molecular complexity index is 291. The van der Waals surface area contributed by atoms with Crippen LogP contribution in [0.4, 0.5) is 0 Å². The molecule has 1 fully saturated rings. The van der Waals surface area contributed by atoms with Crippen molar-refractivity contribution >= 4 is 0 Å². The molecule has 1 unspecified atom stereocenters. The molecule has 1 heterocycles. The largest absolute Gasteiger partial charge is 0.313 e. The van der Waals surface area contributed by atoms with Crippen molar-refractivity contribution in [1.82, 2.24) is 25.5 Å². The van der Waals surface area contributed by atoms with Gasteiger partial charge in [-0.3, -0.25) is 0 Å². The van der Waals surface area contributed by atoms with Crippen LogP contribution < -0.4 is 5.32 Å². The van der Waals surface area contributed by atoms with Crippen LogP contribution in [0.2, 0.25) is 0 Å². The van der Waals surface area contributed by atoms with E-state index in [9.17, 15) is 0 Å². The van der Waals surface area contributed by atoms with Gasteiger partial charge in [0, 0.05) is 6.54 Å². The molecule has 1 N–H and O–H groups in total. The molecular formula is C9H17N5. The maximum atomic E-state index is 4.00. The van der Waals surface area contributed by atoms with Gasteiger partial charge in [-0.1, -0.05) is 6.92 Å². The molecule has 0 amide bonds. The zero-order valence-corrected chi connectivity index (χ0v) is 8.77. The number of nitrogens with zero attached hydrogens (tertiary/aromatic N) is 4. The second kappa shape index (κ2) is 4.04. The minimum atomic E-state index is 0.703. The van der Waals surface area contributed by atoms with Gasteiger partial charge in [0.25, 0.3) is 0 Å². The molecule has 1 saturated carbocycles. The molecule has 0 aliphatic heterocycles. The molecule has 0 bridgehead atoms. The fourth-order valence-electron chi connectivity index (χ4n) is 1.74. The Balaban J connectivity index is 1.96. The maximum Gasteiger partial charge on any atom is 0.165 e. The number of hydrogen-bond donors (Lipinski definition) is 1. The highest BCUT2D eigenvalue weighted by Crippen LogP contribution is 2.37. The summed E-state index contributed by atoms with van der Waals surface area (Å²) in [6.45, 7) is 3.97. The van der Waals surface area contributed by atoms with Crippen LogP contribution in [0, 0.1) is 11.8 Å². The van der Waals surface area contributed by atoms with Crippen LogP contribution in [-0.2, 0) is 13.1 Å². The van der Waals surface area contributed by atoms with Crippen molar-refractivity contribution in [2.24, 2.45) is 11.8 Å². The SMILES string of the molecule is CNCc1nnnn1CC(C)C1CC1. The summed E-state index contributed by atoms with van der Waals surface area (Å²) in [5.74, 6) is 2.54. The number of hydrogen-bond acceptors (Lipinski definition) is 4. The van der Waals surface area contributed by atoms with Crippen molar-refractivity contribution in [2.45, 2.75) is 32.9 Å². The van der Waals surface area contributed by atoms with Crippen molar-refractivity contribution in [2.75, 3.05) is 7.05 Å². The van der Waals surface area contributed by atoms with Crippen LogP contribution in [0.1, 0.15) is 25.6 Å². The third kappa shape index (κ3) is 2.09. The quantitative estimate of drug-likeness (QED) is 0.740. The lowest BCUT2D eigenvalue weighted by molar-refractivity contribution is 0.389. The molecule has 14 heavy (non-hydrogen) atoms. The first-order valence-electron chi connectivity index (χ1n) is 5.21. The molecular weight excluding hydrogens is 178 g/mol. The van der Waals surface area contributed by atoms with E-state index in [0.717, 1.165) is 24.8 Å². The molecule has 0 radical (unpaired) electrons. The Morgan fingerprint density at radius 3 is 3.00 bits per heavy atom. The average molecular weight is 195 g/mol. The van der Waals surface area contributed by atoms with E-state index >= 15 is 0 Å². The average Bonchev–Trinajstić information content (AvgIpc) is 2.93. The second-order valence-corrected chi connectivity index (χ2v) is 4.12. The topological polar surface area (TPSA) is 55.6 Å². The van der Waals surface area contributed by atoms with Crippen LogP contribution in [0.15, 0.2) is 0 Å². The molecule has 1 aliphatic rings. The molecule has 1 atom stereocenters. The molecule has 1 aliphatic carbocycles. The molecule has 0 saturated heterocycles. The van der Waals surface area contributed by atoms with E-state index in [4.69, 9.17) is 0 Å². The molecule has 5 heteroatoms. The summed E-state index contributed by atoms with van der Waals surface area (Å²) in [7, 11) is 1.91. The smallest absolute Gasteiger partial charge is 0.165 e. The summed E-state index contributed by atoms with van der Waals surface area (Å²) >= 11 is 0. The van der Waals surface area contributed by atoms with Crippen LogP contribution in [0.5, 0.6) is 0 Å². The third-order valence-corrected chi connectivity index (χ3v) is 2.83. The standard InChI is InChI=1S/C9H17N5/c1-7(8-3-4-8)6-14-9(5-10-2)11-12-13-14/h7-8,10H,3-6H2,1-2H3. The highest BCUT2D eigenvalue weighted by Gasteiger charge is 2.28. The van der Waals surface area contributed by atoms with Crippen molar-refractivity contribution < 1.29 is 0 Å². The number of nitrogens with one attached hydrogen (secondary N) is 1. The minimum absolute atomic E-state index is 0.703. The van der Waals surface area contributed by atoms with Gasteiger partial charge in [0.1, 0.15) is 0 Å². The molecule has 5 nitrogen and oxygen atoms in total. The fourth-order valence-corrected chi connectivity index (χ4v) is 1.74. The lowest BCUT2D eigenvalue weighted by atomic mass is 10.1. The van der Waals surface area contributed by atoms with Gasteiger partial charge in [-0.05, 0) is 42.2 Å². The van der Waals surface area contributed by atoms with Crippen LogP contribution in [0.25, 0.3) is 0 Å². The van der Waals surface area contributed by atoms with E-state index in [0.29, 0.717) is 5.92 Å². The summed E-state index contributed by atoms with van der Waals surface area (Å²) in [5.41, 5.74) is 0. The van der Waals surface area contributed by atoms with Gasteiger partial charge in [0.2, 0.25) is 0 Å². The van der Waals surface area contributed by atoms with Gasteiger partial charge < -0.3 is 5.32 Å². The zero-order chi connectivity index (χ0) is 9.97. The van der Waals surface area contributed by atoms with E-state index in [-0.39, 0.29) is 0 Å². The van der Waals surface area contributed by atoms with E-state index < -0.39 is 0 Å². The Morgan fingerprint density at radius 2 is 2.36 bits per heavy atom. The zero-order valence-electron chi connectivity index (χ0n) is 8.77. The predicted molar refractivity (Wildman–Crippen MR) is 52.5 cm³/mol. The minimum Gasteiger partial charge on any atom is -0.313 e. The Hall–Kier alpha value is -0.970. The highest BCUT2D eigenvalue weighted by molar-refractivity contribution is 4.83. The van der Waals surface area contributed by atoms with E-state index in [1.54, 1.807) is 0 Å². The van der Waals surface area contributed by atoms with Crippen molar-refractivity contribution in [3.63, 3.8) is 0 Å². The van der Waals surface area contributed by atoms with Crippen LogP contribution in [0.3, 0.4) is 0 Å². The molecule has 0 spiro atoms.